The summed E-state index contributed by atoms with van der Waals surface area (Å²) in [6, 6.07) is 12.3. The van der Waals surface area contributed by atoms with Crippen molar-refractivity contribution in [3.63, 3.8) is 0 Å². The third-order valence-electron chi connectivity index (χ3n) is 6.37. The molecule has 1 fully saturated rings. The van der Waals surface area contributed by atoms with Crippen molar-refractivity contribution < 1.29 is 9.53 Å². The number of aromatic nitrogens is 2. The van der Waals surface area contributed by atoms with Gasteiger partial charge in [-0.15, -0.1) is 0 Å². The molecule has 166 valence electrons. The molecule has 0 saturated heterocycles. The van der Waals surface area contributed by atoms with Crippen LogP contribution in [0.5, 0.6) is 5.75 Å². The van der Waals surface area contributed by atoms with E-state index in [0.29, 0.717) is 12.5 Å². The Morgan fingerprint density at radius 1 is 1.19 bits per heavy atom. The van der Waals surface area contributed by atoms with Crippen LogP contribution in [0.1, 0.15) is 32.6 Å². The lowest BCUT2D eigenvalue weighted by molar-refractivity contribution is 0.191. The Labute approximate surface area is 187 Å². The van der Waals surface area contributed by atoms with E-state index in [1.807, 2.05) is 31.2 Å². The average molecular weight is 433 g/mol. The maximum atomic E-state index is 13.0. The number of fused-ring (bicyclic) bond motifs is 2. The summed E-state index contributed by atoms with van der Waals surface area (Å²) in [5.41, 5.74) is 1.58. The summed E-state index contributed by atoms with van der Waals surface area (Å²) in [5.74, 6) is 2.05. The van der Waals surface area contributed by atoms with Gasteiger partial charge in [-0.1, -0.05) is 37.1 Å². The van der Waals surface area contributed by atoms with Gasteiger partial charge in [0.15, 0.2) is 5.82 Å². The van der Waals surface area contributed by atoms with Crippen molar-refractivity contribution in [2.24, 2.45) is 0 Å². The molecule has 5 rings (SSSR count). The number of amides is 2. The number of carbonyl (C=O) groups excluding carboxylic acids is 1. The lowest BCUT2D eigenvalue weighted by atomic mass is 10.1. The van der Waals surface area contributed by atoms with E-state index in [-0.39, 0.29) is 12.1 Å². The number of nitrogens with one attached hydrogen (secondary N) is 1. The number of nitrogens with zero attached hydrogens (tertiary/aromatic N) is 5. The minimum atomic E-state index is -0.0459. The van der Waals surface area contributed by atoms with E-state index in [9.17, 15) is 4.79 Å². The van der Waals surface area contributed by atoms with Gasteiger partial charge < -0.3 is 10.1 Å². The number of hydrazine groups is 1. The van der Waals surface area contributed by atoms with Crippen LogP contribution < -0.4 is 20.0 Å². The summed E-state index contributed by atoms with van der Waals surface area (Å²) >= 11 is 0. The molecule has 0 radical (unpaired) electrons. The zero-order valence-corrected chi connectivity index (χ0v) is 18.7. The second-order valence-corrected chi connectivity index (χ2v) is 8.27. The van der Waals surface area contributed by atoms with Crippen molar-refractivity contribution >= 4 is 39.9 Å². The van der Waals surface area contributed by atoms with Gasteiger partial charge in [-0.25, -0.2) is 14.8 Å². The summed E-state index contributed by atoms with van der Waals surface area (Å²) in [5, 5.41) is 9.36. The molecule has 0 bridgehead atoms. The van der Waals surface area contributed by atoms with Gasteiger partial charge in [-0.2, -0.15) is 4.98 Å². The van der Waals surface area contributed by atoms with Crippen molar-refractivity contribution in [3.05, 3.63) is 42.6 Å². The monoisotopic (exact) mass is 432 g/mol. The Morgan fingerprint density at radius 3 is 2.72 bits per heavy atom. The smallest absolute Gasteiger partial charge is 0.343 e. The number of urea groups is 1. The van der Waals surface area contributed by atoms with Gasteiger partial charge in [0.05, 0.1) is 19.3 Å². The summed E-state index contributed by atoms with van der Waals surface area (Å²) in [7, 11) is 3.45. The lowest BCUT2D eigenvalue weighted by Crippen LogP contribution is -2.59. The Balaban J connectivity index is 1.55. The molecule has 3 aromatic rings. The van der Waals surface area contributed by atoms with Gasteiger partial charge in [-0.3, -0.25) is 9.91 Å². The second-order valence-electron chi connectivity index (χ2n) is 8.27. The van der Waals surface area contributed by atoms with Gasteiger partial charge >= 0.3 is 6.03 Å². The quantitative estimate of drug-likeness (QED) is 0.616. The fourth-order valence-corrected chi connectivity index (χ4v) is 4.77. The van der Waals surface area contributed by atoms with Crippen LogP contribution in [0.3, 0.4) is 0 Å². The van der Waals surface area contributed by atoms with Crippen molar-refractivity contribution in [2.75, 3.05) is 35.9 Å². The van der Waals surface area contributed by atoms with Gasteiger partial charge in [-0.05, 0) is 31.2 Å². The van der Waals surface area contributed by atoms with E-state index < -0.39 is 0 Å². The first-order valence-corrected chi connectivity index (χ1v) is 11.2. The molecule has 2 amide bonds. The predicted molar refractivity (Wildman–Crippen MR) is 127 cm³/mol. The molecule has 2 heterocycles. The standard InChI is InChI=1S/C24H28N6O2/c1-4-29-24(31)28(2)20-15-25-23(27-22(20)30(29)18-10-6-7-11-18)26-17-13-16-9-5-8-12-19(16)21(14-17)32-3/h5,8-9,12-15,18H,4,6-7,10-11H2,1-3H3,(H,25,26,27). The zero-order valence-electron chi connectivity index (χ0n) is 18.7. The average Bonchev–Trinajstić information content (AvgIpc) is 3.35. The molecule has 8 heteroatoms. The lowest BCUT2D eigenvalue weighted by Gasteiger charge is -2.45. The maximum Gasteiger partial charge on any atom is 0.343 e. The Morgan fingerprint density at radius 2 is 1.97 bits per heavy atom. The number of hydrogen-bond donors (Lipinski definition) is 1. The van der Waals surface area contributed by atoms with Crippen LogP contribution in [0.2, 0.25) is 0 Å². The third-order valence-corrected chi connectivity index (χ3v) is 6.37. The SMILES string of the molecule is CCN1C(=O)N(C)c2cnc(Nc3cc(OC)c4ccccc4c3)nc2N1C1CCCC1. The van der Waals surface area contributed by atoms with Crippen molar-refractivity contribution in [3.8, 4) is 5.75 Å². The largest absolute Gasteiger partial charge is 0.496 e. The van der Waals surface area contributed by atoms with Gasteiger partial charge in [0.2, 0.25) is 5.95 Å². The van der Waals surface area contributed by atoms with E-state index in [2.05, 4.69) is 27.4 Å². The summed E-state index contributed by atoms with van der Waals surface area (Å²) in [6.45, 7) is 2.59. The van der Waals surface area contributed by atoms with E-state index in [0.717, 1.165) is 46.6 Å². The van der Waals surface area contributed by atoms with Crippen molar-refractivity contribution in [2.45, 2.75) is 38.6 Å². The second kappa shape index (κ2) is 8.18. The van der Waals surface area contributed by atoms with Crippen LogP contribution in [-0.2, 0) is 0 Å². The molecule has 0 unspecified atom stereocenters. The van der Waals surface area contributed by atoms with E-state index in [4.69, 9.17) is 9.72 Å². The molecular formula is C24H28N6O2. The number of methoxy groups -OCH3 is 1. The topological polar surface area (TPSA) is 73.8 Å². The Kier molecular flexibility index (Phi) is 5.20. The van der Waals surface area contributed by atoms with Crippen LogP contribution in [0.15, 0.2) is 42.6 Å². The van der Waals surface area contributed by atoms with Crippen LogP contribution >= 0.6 is 0 Å². The maximum absolute atomic E-state index is 13.0. The molecule has 1 aliphatic heterocycles. The highest BCUT2D eigenvalue weighted by atomic mass is 16.5. The predicted octanol–water partition coefficient (Wildman–Crippen LogP) is 4.94. The summed E-state index contributed by atoms with van der Waals surface area (Å²) in [4.78, 5) is 24.0. The van der Waals surface area contributed by atoms with Crippen LogP contribution in [0.25, 0.3) is 10.8 Å². The van der Waals surface area contributed by atoms with E-state index in [1.54, 1.807) is 30.3 Å². The fourth-order valence-electron chi connectivity index (χ4n) is 4.77. The van der Waals surface area contributed by atoms with Crippen molar-refractivity contribution in [1.82, 2.24) is 15.0 Å². The molecule has 8 nitrogen and oxygen atoms in total. The number of hydrogen-bond acceptors (Lipinski definition) is 6. The van der Waals surface area contributed by atoms with Crippen LogP contribution in [-0.4, -0.2) is 47.8 Å². The molecule has 1 aromatic heterocycles. The molecular weight excluding hydrogens is 404 g/mol. The molecule has 2 aliphatic rings. The number of carbonyl (C=O) groups is 1. The van der Waals surface area contributed by atoms with Crippen molar-refractivity contribution in [1.29, 1.82) is 0 Å². The summed E-state index contributed by atoms with van der Waals surface area (Å²) < 4.78 is 5.60. The molecule has 1 aliphatic carbocycles. The van der Waals surface area contributed by atoms with Gasteiger partial charge in [0.25, 0.3) is 0 Å². The minimum absolute atomic E-state index is 0.0459. The molecule has 0 atom stereocenters. The number of benzene rings is 2. The molecule has 0 spiro atoms. The zero-order chi connectivity index (χ0) is 22.2. The Hall–Kier alpha value is -3.55. The molecule has 1 saturated carbocycles. The Bertz CT molecular complexity index is 1160. The van der Waals surface area contributed by atoms with Crippen LogP contribution in [0, 0.1) is 0 Å². The molecule has 1 N–H and O–H groups in total. The highest BCUT2D eigenvalue weighted by molar-refractivity contribution is 5.99. The molecule has 32 heavy (non-hydrogen) atoms. The van der Waals surface area contributed by atoms with E-state index in [1.165, 1.54) is 12.8 Å². The first-order valence-electron chi connectivity index (χ1n) is 11.2. The normalized spacial score (nSPS) is 16.6. The fraction of sp³-hybridized carbons (Fsp3) is 0.375. The third kappa shape index (κ3) is 3.36. The van der Waals surface area contributed by atoms with Crippen LogP contribution in [0.4, 0.5) is 27.9 Å². The molecule has 2 aromatic carbocycles. The number of anilines is 4. The summed E-state index contributed by atoms with van der Waals surface area (Å²) in [6.07, 6.45) is 6.19. The number of ether oxygens (including phenoxy) is 1. The first kappa shape index (κ1) is 20.4. The van der Waals surface area contributed by atoms with Gasteiger partial charge in [0, 0.05) is 30.7 Å². The minimum Gasteiger partial charge on any atom is -0.496 e. The highest BCUT2D eigenvalue weighted by Crippen LogP contribution is 2.39. The van der Waals surface area contributed by atoms with E-state index >= 15 is 0 Å². The van der Waals surface area contributed by atoms with Gasteiger partial charge in [0.1, 0.15) is 11.4 Å². The number of rotatable bonds is 5. The highest BCUT2D eigenvalue weighted by Gasteiger charge is 2.39. The first-order chi connectivity index (χ1) is 15.6.